The average molecular weight is 316 g/mol. The summed E-state index contributed by atoms with van der Waals surface area (Å²) in [6.07, 6.45) is 2.16. The Balaban J connectivity index is 2.69. The monoisotopic (exact) mass is 315 g/mol. The van der Waals surface area contributed by atoms with Crippen LogP contribution in [0, 0.1) is 5.41 Å². The molecule has 1 N–H and O–H groups in total. The fraction of sp³-hybridized carbons (Fsp3) is 0.786. The van der Waals surface area contributed by atoms with E-state index in [1.54, 1.807) is 0 Å². The molecular formula is C14H26BrN3. The van der Waals surface area contributed by atoms with Crippen molar-refractivity contribution in [3.8, 4) is 0 Å². The van der Waals surface area contributed by atoms with Gasteiger partial charge in [-0.2, -0.15) is 5.10 Å². The fourth-order valence-electron chi connectivity index (χ4n) is 1.83. The van der Waals surface area contributed by atoms with Gasteiger partial charge in [0.05, 0.1) is 15.9 Å². The molecule has 0 aromatic carbocycles. The highest BCUT2D eigenvalue weighted by molar-refractivity contribution is 9.10. The molecule has 18 heavy (non-hydrogen) atoms. The van der Waals surface area contributed by atoms with E-state index in [-0.39, 0.29) is 0 Å². The van der Waals surface area contributed by atoms with Gasteiger partial charge in [0, 0.05) is 19.6 Å². The van der Waals surface area contributed by atoms with Gasteiger partial charge in [-0.25, -0.2) is 0 Å². The highest BCUT2D eigenvalue weighted by atomic mass is 79.9. The summed E-state index contributed by atoms with van der Waals surface area (Å²) in [5.74, 6) is 0. The first-order chi connectivity index (χ1) is 8.45. The lowest BCUT2D eigenvalue weighted by atomic mass is 9.90. The SMILES string of the molecule is CCc1nn(CC)c(CNCC(C)(C)CC)c1Br. The molecule has 0 aliphatic rings. The molecule has 104 valence electrons. The summed E-state index contributed by atoms with van der Waals surface area (Å²) in [5.41, 5.74) is 2.78. The number of hydrogen-bond acceptors (Lipinski definition) is 2. The van der Waals surface area contributed by atoms with Crippen LogP contribution in [0.2, 0.25) is 0 Å². The molecule has 1 heterocycles. The van der Waals surface area contributed by atoms with Gasteiger partial charge in [0.1, 0.15) is 0 Å². The van der Waals surface area contributed by atoms with Gasteiger partial charge in [-0.3, -0.25) is 4.68 Å². The molecule has 1 aromatic rings. The Bertz CT molecular complexity index is 383. The molecule has 1 aromatic heterocycles. The van der Waals surface area contributed by atoms with E-state index >= 15 is 0 Å². The van der Waals surface area contributed by atoms with E-state index in [0.29, 0.717) is 5.41 Å². The van der Waals surface area contributed by atoms with E-state index in [4.69, 9.17) is 0 Å². The summed E-state index contributed by atoms with van der Waals surface area (Å²) >= 11 is 3.68. The fourth-order valence-corrected chi connectivity index (χ4v) is 2.53. The van der Waals surface area contributed by atoms with Crippen molar-refractivity contribution in [1.82, 2.24) is 15.1 Å². The topological polar surface area (TPSA) is 29.9 Å². The summed E-state index contributed by atoms with van der Waals surface area (Å²) in [7, 11) is 0. The number of nitrogens with zero attached hydrogens (tertiary/aromatic N) is 2. The molecule has 0 amide bonds. The molecule has 0 bridgehead atoms. The van der Waals surface area contributed by atoms with Crippen LogP contribution < -0.4 is 5.32 Å². The minimum atomic E-state index is 0.358. The van der Waals surface area contributed by atoms with Gasteiger partial charge in [0.25, 0.3) is 0 Å². The largest absolute Gasteiger partial charge is 0.311 e. The number of halogens is 1. The van der Waals surface area contributed by atoms with Crippen LogP contribution in [-0.4, -0.2) is 16.3 Å². The first-order valence-electron chi connectivity index (χ1n) is 6.90. The number of rotatable bonds is 7. The second kappa shape index (κ2) is 6.71. The van der Waals surface area contributed by atoms with Crippen LogP contribution in [0.5, 0.6) is 0 Å². The summed E-state index contributed by atoms with van der Waals surface area (Å²) in [6.45, 7) is 13.9. The molecule has 0 fully saturated rings. The van der Waals surface area contributed by atoms with Gasteiger partial charge in [-0.15, -0.1) is 0 Å². The minimum absolute atomic E-state index is 0.358. The van der Waals surface area contributed by atoms with Crippen molar-refractivity contribution < 1.29 is 0 Å². The second-order valence-electron chi connectivity index (χ2n) is 5.50. The zero-order valence-electron chi connectivity index (χ0n) is 12.3. The molecular weight excluding hydrogens is 290 g/mol. The molecule has 0 atom stereocenters. The molecule has 0 aliphatic heterocycles. The Labute approximate surface area is 119 Å². The summed E-state index contributed by atoms with van der Waals surface area (Å²) in [6, 6.07) is 0. The van der Waals surface area contributed by atoms with Gasteiger partial charge < -0.3 is 5.32 Å². The summed E-state index contributed by atoms with van der Waals surface area (Å²) in [4.78, 5) is 0. The zero-order chi connectivity index (χ0) is 13.8. The van der Waals surface area contributed by atoms with Crippen molar-refractivity contribution in [2.75, 3.05) is 6.54 Å². The number of aryl methyl sites for hydroxylation is 2. The molecule has 4 heteroatoms. The first-order valence-corrected chi connectivity index (χ1v) is 7.69. The summed E-state index contributed by atoms with van der Waals surface area (Å²) in [5, 5.41) is 8.17. The Morgan fingerprint density at radius 2 is 1.94 bits per heavy atom. The van der Waals surface area contributed by atoms with Gasteiger partial charge >= 0.3 is 0 Å². The highest BCUT2D eigenvalue weighted by Gasteiger charge is 2.17. The number of hydrogen-bond donors (Lipinski definition) is 1. The van der Waals surface area contributed by atoms with Gasteiger partial charge in [0.15, 0.2) is 0 Å². The van der Waals surface area contributed by atoms with E-state index in [9.17, 15) is 0 Å². The molecule has 1 rings (SSSR count). The third kappa shape index (κ3) is 3.82. The van der Waals surface area contributed by atoms with E-state index < -0.39 is 0 Å². The van der Waals surface area contributed by atoms with Crippen molar-refractivity contribution in [2.24, 2.45) is 5.41 Å². The molecule has 0 aliphatic carbocycles. The predicted octanol–water partition coefficient (Wildman–Crippen LogP) is 3.75. The van der Waals surface area contributed by atoms with Crippen LogP contribution in [-0.2, 0) is 19.5 Å². The van der Waals surface area contributed by atoms with Crippen LogP contribution in [0.1, 0.15) is 52.4 Å². The lowest BCUT2D eigenvalue weighted by Gasteiger charge is -2.23. The highest BCUT2D eigenvalue weighted by Crippen LogP contribution is 2.23. The molecule has 3 nitrogen and oxygen atoms in total. The maximum Gasteiger partial charge on any atom is 0.0767 e. The normalized spacial score (nSPS) is 12.1. The molecule has 0 unspecified atom stereocenters. The van der Waals surface area contributed by atoms with Crippen LogP contribution in [0.25, 0.3) is 0 Å². The first kappa shape index (κ1) is 15.7. The van der Waals surface area contributed by atoms with Crippen molar-refractivity contribution in [2.45, 2.75) is 60.5 Å². The molecule has 0 saturated carbocycles. The minimum Gasteiger partial charge on any atom is -0.311 e. The van der Waals surface area contributed by atoms with Crippen molar-refractivity contribution >= 4 is 15.9 Å². The Hall–Kier alpha value is -0.350. The predicted molar refractivity (Wildman–Crippen MR) is 80.8 cm³/mol. The van der Waals surface area contributed by atoms with E-state index in [1.807, 2.05) is 0 Å². The number of nitrogens with one attached hydrogen (secondary N) is 1. The maximum absolute atomic E-state index is 4.61. The van der Waals surface area contributed by atoms with Crippen molar-refractivity contribution in [1.29, 1.82) is 0 Å². The van der Waals surface area contributed by atoms with Gasteiger partial charge in [-0.1, -0.05) is 27.7 Å². The average Bonchev–Trinajstić information content (AvgIpc) is 2.66. The third-order valence-corrected chi connectivity index (χ3v) is 4.46. The maximum atomic E-state index is 4.61. The van der Waals surface area contributed by atoms with Crippen molar-refractivity contribution in [3.63, 3.8) is 0 Å². The van der Waals surface area contributed by atoms with Gasteiger partial charge in [0.2, 0.25) is 0 Å². The van der Waals surface area contributed by atoms with Gasteiger partial charge in [-0.05, 0) is 41.1 Å². The standard InChI is InChI=1S/C14H26BrN3/c1-6-11-13(15)12(18(8-3)17-11)9-16-10-14(4,5)7-2/h16H,6-10H2,1-5H3. The molecule has 0 radical (unpaired) electrons. The quantitative estimate of drug-likeness (QED) is 0.830. The van der Waals surface area contributed by atoms with Crippen LogP contribution in [0.3, 0.4) is 0 Å². The van der Waals surface area contributed by atoms with E-state index in [0.717, 1.165) is 31.7 Å². The van der Waals surface area contributed by atoms with E-state index in [1.165, 1.54) is 16.6 Å². The van der Waals surface area contributed by atoms with E-state index in [2.05, 4.69) is 65.6 Å². The Kier molecular flexibility index (Phi) is 5.86. The lowest BCUT2D eigenvalue weighted by molar-refractivity contribution is 0.325. The Morgan fingerprint density at radius 1 is 1.28 bits per heavy atom. The summed E-state index contributed by atoms with van der Waals surface area (Å²) < 4.78 is 3.27. The van der Waals surface area contributed by atoms with Crippen LogP contribution >= 0.6 is 15.9 Å². The molecule has 0 spiro atoms. The third-order valence-electron chi connectivity index (χ3n) is 3.55. The smallest absolute Gasteiger partial charge is 0.0767 e. The van der Waals surface area contributed by atoms with Crippen LogP contribution in [0.4, 0.5) is 0 Å². The second-order valence-corrected chi connectivity index (χ2v) is 6.29. The van der Waals surface area contributed by atoms with Crippen molar-refractivity contribution in [3.05, 3.63) is 15.9 Å². The number of aromatic nitrogens is 2. The lowest BCUT2D eigenvalue weighted by Crippen LogP contribution is -2.29. The Morgan fingerprint density at radius 3 is 2.44 bits per heavy atom. The zero-order valence-corrected chi connectivity index (χ0v) is 13.9. The molecule has 0 saturated heterocycles. The van der Waals surface area contributed by atoms with Crippen LogP contribution in [0.15, 0.2) is 4.47 Å².